The standard InChI is InChI=1S/C13H11ClFN3O/c14-10-6-9(3-4-11(10)15)19-7-8-2-1-5-18-12(8)13(16)17/h1-6H,7H2,(H3,16,17). The maximum Gasteiger partial charge on any atom is 0.142 e. The summed E-state index contributed by atoms with van der Waals surface area (Å²) in [5.41, 5.74) is 6.47. The van der Waals surface area contributed by atoms with Crippen LogP contribution in [0.4, 0.5) is 4.39 Å². The quantitative estimate of drug-likeness (QED) is 0.668. The van der Waals surface area contributed by atoms with Crippen LogP contribution in [0.25, 0.3) is 0 Å². The van der Waals surface area contributed by atoms with E-state index in [4.69, 9.17) is 27.5 Å². The number of pyridine rings is 1. The summed E-state index contributed by atoms with van der Waals surface area (Å²) < 4.78 is 18.5. The smallest absolute Gasteiger partial charge is 0.142 e. The van der Waals surface area contributed by atoms with E-state index >= 15 is 0 Å². The summed E-state index contributed by atoms with van der Waals surface area (Å²) >= 11 is 5.66. The largest absolute Gasteiger partial charge is 0.489 e. The lowest BCUT2D eigenvalue weighted by atomic mass is 10.2. The van der Waals surface area contributed by atoms with E-state index in [1.807, 2.05) is 0 Å². The van der Waals surface area contributed by atoms with Crippen LogP contribution in [0.3, 0.4) is 0 Å². The second-order valence-corrected chi connectivity index (χ2v) is 4.20. The van der Waals surface area contributed by atoms with Gasteiger partial charge < -0.3 is 10.5 Å². The van der Waals surface area contributed by atoms with Crippen molar-refractivity contribution in [1.82, 2.24) is 4.98 Å². The monoisotopic (exact) mass is 279 g/mol. The molecule has 0 aliphatic carbocycles. The van der Waals surface area contributed by atoms with E-state index in [-0.39, 0.29) is 17.5 Å². The molecule has 0 fully saturated rings. The van der Waals surface area contributed by atoms with Crippen molar-refractivity contribution in [2.45, 2.75) is 6.61 Å². The molecule has 2 aromatic rings. The second-order valence-electron chi connectivity index (χ2n) is 3.79. The minimum absolute atomic E-state index is 0.00419. The average Bonchev–Trinajstić information content (AvgIpc) is 2.40. The number of nitrogens with zero attached hydrogens (tertiary/aromatic N) is 1. The summed E-state index contributed by atoms with van der Waals surface area (Å²) in [5, 5.41) is 7.41. The number of nitrogens with two attached hydrogens (primary N) is 1. The molecule has 6 heteroatoms. The third-order valence-electron chi connectivity index (χ3n) is 2.43. The minimum atomic E-state index is -0.500. The third kappa shape index (κ3) is 3.20. The summed E-state index contributed by atoms with van der Waals surface area (Å²) in [5.74, 6) is -0.194. The minimum Gasteiger partial charge on any atom is -0.489 e. The first-order valence-electron chi connectivity index (χ1n) is 5.44. The number of hydrogen-bond donors (Lipinski definition) is 2. The van der Waals surface area contributed by atoms with Gasteiger partial charge >= 0.3 is 0 Å². The zero-order valence-electron chi connectivity index (χ0n) is 9.86. The molecule has 1 heterocycles. The molecular formula is C13H11ClFN3O. The maximum atomic E-state index is 13.0. The molecule has 0 spiro atoms. The van der Waals surface area contributed by atoms with Gasteiger partial charge in [0.05, 0.1) is 5.02 Å². The van der Waals surface area contributed by atoms with Gasteiger partial charge in [-0.15, -0.1) is 0 Å². The maximum absolute atomic E-state index is 13.0. The van der Waals surface area contributed by atoms with Crippen molar-refractivity contribution in [1.29, 1.82) is 5.41 Å². The Labute approximate surface area is 114 Å². The lowest BCUT2D eigenvalue weighted by molar-refractivity contribution is 0.305. The zero-order valence-corrected chi connectivity index (χ0v) is 10.6. The van der Waals surface area contributed by atoms with Gasteiger partial charge in [-0.25, -0.2) is 4.39 Å². The van der Waals surface area contributed by atoms with Crippen molar-refractivity contribution in [2.24, 2.45) is 5.73 Å². The molecule has 0 aliphatic rings. The van der Waals surface area contributed by atoms with Crippen molar-refractivity contribution in [2.75, 3.05) is 0 Å². The number of amidine groups is 1. The molecule has 2 rings (SSSR count). The highest BCUT2D eigenvalue weighted by Gasteiger charge is 2.07. The van der Waals surface area contributed by atoms with Gasteiger partial charge in [-0.1, -0.05) is 17.7 Å². The van der Waals surface area contributed by atoms with Crippen molar-refractivity contribution >= 4 is 17.4 Å². The Morgan fingerprint density at radius 2 is 2.21 bits per heavy atom. The van der Waals surface area contributed by atoms with Crippen molar-refractivity contribution in [3.8, 4) is 5.75 Å². The molecular weight excluding hydrogens is 269 g/mol. The van der Waals surface area contributed by atoms with E-state index in [9.17, 15) is 4.39 Å². The summed E-state index contributed by atoms with van der Waals surface area (Å²) in [4.78, 5) is 4.01. The molecule has 0 saturated heterocycles. The highest BCUT2D eigenvalue weighted by molar-refractivity contribution is 6.30. The van der Waals surface area contributed by atoms with Crippen molar-refractivity contribution < 1.29 is 9.13 Å². The van der Waals surface area contributed by atoms with Gasteiger partial charge in [-0.05, 0) is 18.2 Å². The van der Waals surface area contributed by atoms with E-state index in [2.05, 4.69) is 4.98 Å². The fourth-order valence-corrected chi connectivity index (χ4v) is 1.70. The first kappa shape index (κ1) is 13.3. The van der Waals surface area contributed by atoms with E-state index in [0.717, 1.165) is 0 Å². The number of halogens is 2. The van der Waals surface area contributed by atoms with Crippen molar-refractivity contribution in [3.05, 3.63) is 58.6 Å². The van der Waals surface area contributed by atoms with Crippen LogP contribution in [-0.2, 0) is 6.61 Å². The van der Waals surface area contributed by atoms with Crippen LogP contribution in [0.15, 0.2) is 36.5 Å². The molecule has 0 atom stereocenters. The zero-order chi connectivity index (χ0) is 13.8. The van der Waals surface area contributed by atoms with E-state index in [1.165, 1.54) is 18.2 Å². The SMILES string of the molecule is N=C(N)c1ncccc1COc1ccc(F)c(Cl)c1. The molecule has 0 aliphatic heterocycles. The Kier molecular flexibility index (Phi) is 3.97. The molecule has 3 N–H and O–H groups in total. The number of hydrogen-bond acceptors (Lipinski definition) is 3. The first-order chi connectivity index (χ1) is 9.08. The van der Waals surface area contributed by atoms with Crippen LogP contribution >= 0.6 is 11.6 Å². The van der Waals surface area contributed by atoms with Gasteiger partial charge in [0.25, 0.3) is 0 Å². The Morgan fingerprint density at radius 3 is 2.89 bits per heavy atom. The molecule has 1 aromatic carbocycles. The van der Waals surface area contributed by atoms with Gasteiger partial charge in [0, 0.05) is 17.8 Å². The predicted octanol–water partition coefficient (Wildman–Crippen LogP) is 2.74. The topological polar surface area (TPSA) is 72.0 Å². The first-order valence-corrected chi connectivity index (χ1v) is 5.82. The number of aromatic nitrogens is 1. The van der Waals surface area contributed by atoms with Crippen LogP contribution < -0.4 is 10.5 Å². The van der Waals surface area contributed by atoms with Crippen LogP contribution in [0.2, 0.25) is 5.02 Å². The van der Waals surface area contributed by atoms with E-state index in [0.29, 0.717) is 17.0 Å². The van der Waals surface area contributed by atoms with Crippen LogP contribution in [0, 0.1) is 11.2 Å². The number of nitrogen functional groups attached to an aromatic ring is 1. The Morgan fingerprint density at radius 1 is 1.42 bits per heavy atom. The van der Waals surface area contributed by atoms with Crippen LogP contribution in [0.1, 0.15) is 11.3 Å². The predicted molar refractivity (Wildman–Crippen MR) is 71.0 cm³/mol. The van der Waals surface area contributed by atoms with E-state index < -0.39 is 5.82 Å². The Hall–Kier alpha value is -2.14. The summed E-state index contributed by atoms with van der Waals surface area (Å²) in [6.45, 7) is 0.171. The summed E-state index contributed by atoms with van der Waals surface area (Å²) in [6, 6.07) is 7.58. The van der Waals surface area contributed by atoms with Gasteiger partial charge in [0.1, 0.15) is 29.7 Å². The van der Waals surface area contributed by atoms with Gasteiger partial charge in [-0.2, -0.15) is 0 Å². The van der Waals surface area contributed by atoms with Crippen LogP contribution in [-0.4, -0.2) is 10.8 Å². The molecule has 0 unspecified atom stereocenters. The molecule has 98 valence electrons. The van der Waals surface area contributed by atoms with Crippen molar-refractivity contribution in [3.63, 3.8) is 0 Å². The number of nitrogens with one attached hydrogen (secondary N) is 1. The van der Waals surface area contributed by atoms with E-state index in [1.54, 1.807) is 18.3 Å². The van der Waals surface area contributed by atoms with Crippen LogP contribution in [0.5, 0.6) is 5.75 Å². The van der Waals surface area contributed by atoms with Gasteiger partial charge in [0.2, 0.25) is 0 Å². The molecule has 0 bridgehead atoms. The average molecular weight is 280 g/mol. The Balaban J connectivity index is 2.14. The molecule has 0 amide bonds. The van der Waals surface area contributed by atoms with Gasteiger partial charge in [-0.3, -0.25) is 10.4 Å². The molecule has 0 radical (unpaired) electrons. The molecule has 1 aromatic heterocycles. The normalized spacial score (nSPS) is 10.2. The highest BCUT2D eigenvalue weighted by atomic mass is 35.5. The lowest BCUT2D eigenvalue weighted by Gasteiger charge is -2.09. The second kappa shape index (κ2) is 5.67. The fourth-order valence-electron chi connectivity index (χ4n) is 1.53. The van der Waals surface area contributed by atoms with Gasteiger partial charge in [0.15, 0.2) is 0 Å². The Bertz CT molecular complexity index is 619. The summed E-state index contributed by atoms with van der Waals surface area (Å²) in [7, 11) is 0. The number of ether oxygens (including phenoxy) is 1. The molecule has 19 heavy (non-hydrogen) atoms. The summed E-state index contributed by atoms with van der Waals surface area (Å²) in [6.07, 6.45) is 1.55. The number of rotatable bonds is 4. The highest BCUT2D eigenvalue weighted by Crippen LogP contribution is 2.22. The lowest BCUT2D eigenvalue weighted by Crippen LogP contribution is -2.16. The molecule has 4 nitrogen and oxygen atoms in total. The molecule has 0 saturated carbocycles. The fraction of sp³-hybridized carbons (Fsp3) is 0.0769. The number of benzene rings is 1. The third-order valence-corrected chi connectivity index (χ3v) is 2.72.